The number of likely N-dealkylation sites (tertiary alicyclic amines) is 1. The summed E-state index contributed by atoms with van der Waals surface area (Å²) < 4.78 is 1.96. The Kier molecular flexibility index (Phi) is 6.28. The van der Waals surface area contributed by atoms with E-state index >= 15 is 0 Å². The quantitative estimate of drug-likeness (QED) is 0.748. The maximum Gasteiger partial charge on any atom is 0.268 e. The maximum absolute atomic E-state index is 13.0. The van der Waals surface area contributed by atoms with Crippen molar-refractivity contribution in [3.63, 3.8) is 0 Å². The van der Waals surface area contributed by atoms with Crippen molar-refractivity contribution in [2.24, 2.45) is 23.5 Å². The van der Waals surface area contributed by atoms with Crippen molar-refractivity contribution in [2.75, 3.05) is 26.2 Å². The molecule has 0 aromatic carbocycles. The van der Waals surface area contributed by atoms with Crippen LogP contribution >= 0.6 is 0 Å². The Morgan fingerprint density at radius 2 is 1.87 bits per heavy atom. The number of nitrogens with zero attached hydrogens (tertiary/aromatic N) is 3. The van der Waals surface area contributed by atoms with Crippen LogP contribution in [0.5, 0.6) is 0 Å². The summed E-state index contributed by atoms with van der Waals surface area (Å²) in [5, 5.41) is 3.24. The number of amides is 1. The van der Waals surface area contributed by atoms with Crippen LogP contribution in [-0.4, -0.2) is 52.4 Å². The molecule has 2 atom stereocenters. The van der Waals surface area contributed by atoms with Crippen molar-refractivity contribution >= 4 is 11.6 Å². The van der Waals surface area contributed by atoms with Crippen LogP contribution in [0.4, 0.5) is 0 Å². The summed E-state index contributed by atoms with van der Waals surface area (Å²) in [4.78, 5) is 20.3. The summed E-state index contributed by atoms with van der Waals surface area (Å²) in [5.74, 6) is 2.45. The Bertz CT molecular complexity index is 888. The minimum absolute atomic E-state index is 0.0234. The molecule has 6 nitrogen and oxygen atoms in total. The summed E-state index contributed by atoms with van der Waals surface area (Å²) in [5.41, 5.74) is 8.61. The fraction of sp³-hybridized carbons (Fsp3) is 0.680. The molecule has 168 valence electrons. The summed E-state index contributed by atoms with van der Waals surface area (Å²) in [6.07, 6.45) is 13.3. The van der Waals surface area contributed by atoms with Crippen LogP contribution in [0.2, 0.25) is 0 Å². The molecule has 0 radical (unpaired) electrons. The van der Waals surface area contributed by atoms with Crippen molar-refractivity contribution in [1.29, 1.82) is 0 Å². The number of piperidine rings is 1. The zero-order chi connectivity index (χ0) is 21.2. The zero-order valence-electron chi connectivity index (χ0n) is 18.6. The lowest BCUT2D eigenvalue weighted by atomic mass is 9.68. The number of nitrogens with two attached hydrogens (primary N) is 1. The van der Waals surface area contributed by atoms with Crippen LogP contribution in [0.25, 0.3) is 5.65 Å². The van der Waals surface area contributed by atoms with Gasteiger partial charge in [-0.15, -0.1) is 0 Å². The molecule has 31 heavy (non-hydrogen) atoms. The SMILES string of the molecule is NC1CCN(CCc2cn3c(C(=O)NCC4CC5CCCC(C5)C4)cccc3n2)CC1. The molecule has 5 rings (SSSR count). The smallest absolute Gasteiger partial charge is 0.268 e. The number of hydrogen-bond donors (Lipinski definition) is 2. The van der Waals surface area contributed by atoms with E-state index in [1.54, 1.807) is 0 Å². The molecule has 2 aromatic rings. The molecule has 2 aromatic heterocycles. The largest absolute Gasteiger partial charge is 0.350 e. The molecular weight excluding hydrogens is 386 g/mol. The Morgan fingerprint density at radius 3 is 2.65 bits per heavy atom. The van der Waals surface area contributed by atoms with Crippen molar-refractivity contribution in [2.45, 2.75) is 63.8 Å². The minimum Gasteiger partial charge on any atom is -0.350 e. The summed E-state index contributed by atoms with van der Waals surface area (Å²) in [6.45, 7) is 3.96. The van der Waals surface area contributed by atoms with E-state index < -0.39 is 0 Å². The number of hydrogen-bond acceptors (Lipinski definition) is 4. The third kappa shape index (κ3) is 4.96. The summed E-state index contributed by atoms with van der Waals surface area (Å²) >= 11 is 0. The lowest BCUT2D eigenvalue weighted by Crippen LogP contribution is -2.40. The summed E-state index contributed by atoms with van der Waals surface area (Å²) in [6, 6.07) is 6.21. The van der Waals surface area contributed by atoms with Gasteiger partial charge in [-0.3, -0.25) is 9.20 Å². The molecule has 2 bridgehead atoms. The van der Waals surface area contributed by atoms with Gasteiger partial charge in [0.25, 0.3) is 5.91 Å². The lowest BCUT2D eigenvalue weighted by molar-refractivity contribution is 0.0909. The van der Waals surface area contributed by atoms with Gasteiger partial charge in [0.05, 0.1) is 5.69 Å². The minimum atomic E-state index is 0.0234. The number of pyridine rings is 1. The van der Waals surface area contributed by atoms with E-state index in [1.807, 2.05) is 28.8 Å². The van der Waals surface area contributed by atoms with Gasteiger partial charge < -0.3 is 16.0 Å². The number of carbonyl (C=O) groups is 1. The third-order valence-electron chi connectivity index (χ3n) is 7.87. The molecule has 3 heterocycles. The van der Waals surface area contributed by atoms with Crippen molar-refractivity contribution in [1.82, 2.24) is 19.6 Å². The average Bonchev–Trinajstić information content (AvgIpc) is 3.20. The number of imidazole rings is 1. The first kappa shape index (κ1) is 21.0. The van der Waals surface area contributed by atoms with Crippen LogP contribution in [0.1, 0.15) is 67.5 Å². The molecule has 1 saturated heterocycles. The third-order valence-corrected chi connectivity index (χ3v) is 7.87. The molecule has 1 aliphatic heterocycles. The molecule has 3 fully saturated rings. The van der Waals surface area contributed by atoms with Gasteiger partial charge in [0.1, 0.15) is 11.3 Å². The van der Waals surface area contributed by atoms with E-state index in [0.29, 0.717) is 17.7 Å². The van der Waals surface area contributed by atoms with E-state index in [0.717, 1.165) is 68.6 Å². The average molecular weight is 424 g/mol. The highest BCUT2D eigenvalue weighted by Crippen LogP contribution is 2.42. The van der Waals surface area contributed by atoms with Gasteiger partial charge in [0.15, 0.2) is 0 Å². The predicted octanol–water partition coefficient (Wildman–Crippen LogP) is 3.25. The fourth-order valence-corrected chi connectivity index (χ4v) is 6.18. The maximum atomic E-state index is 13.0. The van der Waals surface area contributed by atoms with Gasteiger partial charge in [-0.2, -0.15) is 0 Å². The first-order chi connectivity index (χ1) is 15.1. The van der Waals surface area contributed by atoms with Crippen LogP contribution in [0.15, 0.2) is 24.4 Å². The van der Waals surface area contributed by atoms with Crippen LogP contribution in [0.3, 0.4) is 0 Å². The van der Waals surface area contributed by atoms with Crippen LogP contribution in [0, 0.1) is 17.8 Å². The Morgan fingerprint density at radius 1 is 1.10 bits per heavy atom. The second-order valence-corrected chi connectivity index (χ2v) is 10.2. The first-order valence-electron chi connectivity index (χ1n) is 12.4. The number of rotatable bonds is 6. The van der Waals surface area contributed by atoms with Gasteiger partial charge >= 0.3 is 0 Å². The van der Waals surface area contributed by atoms with E-state index in [1.165, 1.54) is 38.5 Å². The van der Waals surface area contributed by atoms with Crippen molar-refractivity contribution < 1.29 is 4.79 Å². The molecule has 6 heteroatoms. The van der Waals surface area contributed by atoms with E-state index in [2.05, 4.69) is 10.2 Å². The summed E-state index contributed by atoms with van der Waals surface area (Å²) in [7, 11) is 0. The van der Waals surface area contributed by atoms with Crippen LogP contribution < -0.4 is 11.1 Å². The molecule has 0 spiro atoms. The van der Waals surface area contributed by atoms with Gasteiger partial charge in [-0.1, -0.05) is 25.3 Å². The fourth-order valence-electron chi connectivity index (χ4n) is 6.18. The highest BCUT2D eigenvalue weighted by atomic mass is 16.1. The highest BCUT2D eigenvalue weighted by molar-refractivity contribution is 5.93. The predicted molar refractivity (Wildman–Crippen MR) is 123 cm³/mol. The normalized spacial score (nSPS) is 27.5. The second kappa shape index (κ2) is 9.29. The lowest BCUT2D eigenvalue weighted by Gasteiger charge is -2.39. The van der Waals surface area contributed by atoms with Gasteiger partial charge in [-0.25, -0.2) is 4.98 Å². The Hall–Kier alpha value is -1.92. The highest BCUT2D eigenvalue weighted by Gasteiger charge is 2.31. The van der Waals surface area contributed by atoms with Gasteiger partial charge in [0, 0.05) is 31.7 Å². The number of aromatic nitrogens is 2. The molecule has 1 amide bonds. The topological polar surface area (TPSA) is 75.7 Å². The Balaban J connectivity index is 1.19. The first-order valence-corrected chi connectivity index (χ1v) is 12.4. The molecule has 2 aliphatic carbocycles. The molecule has 2 saturated carbocycles. The van der Waals surface area contributed by atoms with E-state index in [-0.39, 0.29) is 5.91 Å². The number of fused-ring (bicyclic) bond motifs is 3. The van der Waals surface area contributed by atoms with E-state index in [9.17, 15) is 4.79 Å². The van der Waals surface area contributed by atoms with Gasteiger partial charge in [-0.05, 0) is 75.1 Å². The van der Waals surface area contributed by atoms with Gasteiger partial charge in [0.2, 0.25) is 0 Å². The molecule has 2 unspecified atom stereocenters. The molecular formula is C25H37N5O. The molecule has 3 aliphatic rings. The number of nitrogens with one attached hydrogen (secondary N) is 1. The second-order valence-electron chi connectivity index (χ2n) is 10.2. The van der Waals surface area contributed by atoms with E-state index in [4.69, 9.17) is 10.7 Å². The zero-order valence-corrected chi connectivity index (χ0v) is 18.6. The van der Waals surface area contributed by atoms with Crippen LogP contribution in [-0.2, 0) is 6.42 Å². The monoisotopic (exact) mass is 423 g/mol. The van der Waals surface area contributed by atoms with Crippen molar-refractivity contribution in [3.05, 3.63) is 35.8 Å². The Labute approximate surface area is 185 Å². The van der Waals surface area contributed by atoms with Crippen molar-refractivity contribution in [3.8, 4) is 0 Å². The molecule has 3 N–H and O–H groups in total. The standard InChI is InChI=1S/C25H37N5O/c26-21-7-10-29(11-8-21)12-9-22-17-30-23(5-2-6-24(30)28-22)25(31)27-16-20-14-18-3-1-4-19(13-18)15-20/h2,5-6,17-21H,1,3-4,7-16,26H2,(H,27,31). The number of carbonyl (C=O) groups excluding carboxylic acids is 1.